The molecule has 2 aromatic carbocycles. The molecule has 0 spiro atoms. The van der Waals surface area contributed by atoms with Gasteiger partial charge in [0.1, 0.15) is 5.82 Å². The Bertz CT molecular complexity index is 1080. The van der Waals surface area contributed by atoms with E-state index in [4.69, 9.17) is 5.73 Å². The van der Waals surface area contributed by atoms with Crippen LogP contribution in [0.5, 0.6) is 0 Å². The van der Waals surface area contributed by atoms with E-state index >= 15 is 0 Å². The highest BCUT2D eigenvalue weighted by molar-refractivity contribution is 5.94. The van der Waals surface area contributed by atoms with E-state index in [1.807, 2.05) is 24.3 Å². The van der Waals surface area contributed by atoms with E-state index in [0.29, 0.717) is 37.8 Å². The van der Waals surface area contributed by atoms with Crippen molar-refractivity contribution in [2.45, 2.75) is 18.9 Å². The van der Waals surface area contributed by atoms with Gasteiger partial charge in [0.15, 0.2) is 11.6 Å². The molecule has 0 bridgehead atoms. The highest BCUT2D eigenvalue weighted by atomic mass is 19.2. The molecule has 0 unspecified atom stereocenters. The lowest BCUT2D eigenvalue weighted by Crippen LogP contribution is -2.51. The quantitative estimate of drug-likeness (QED) is 0.612. The number of carbonyl (C=O) groups excluding carboxylic acids is 2. The molecule has 2 heterocycles. The van der Waals surface area contributed by atoms with Crippen LogP contribution in [-0.2, 0) is 11.2 Å². The van der Waals surface area contributed by atoms with Gasteiger partial charge in [0.25, 0.3) is 5.91 Å². The molecule has 194 valence electrons. The summed E-state index contributed by atoms with van der Waals surface area (Å²) in [7, 11) is 2.11. The Balaban J connectivity index is 1.25. The van der Waals surface area contributed by atoms with Gasteiger partial charge in [-0.25, -0.2) is 13.2 Å². The van der Waals surface area contributed by atoms with E-state index in [0.717, 1.165) is 37.9 Å². The second kappa shape index (κ2) is 11.3. The Morgan fingerprint density at radius 1 is 0.833 bits per heavy atom. The van der Waals surface area contributed by atoms with Crippen molar-refractivity contribution in [3.05, 3.63) is 65.0 Å². The molecule has 2 aromatic rings. The Labute approximate surface area is 209 Å². The maximum absolute atomic E-state index is 13.9. The summed E-state index contributed by atoms with van der Waals surface area (Å²) >= 11 is 0. The minimum Gasteiger partial charge on any atom is -0.369 e. The molecule has 0 radical (unpaired) electrons. The van der Waals surface area contributed by atoms with Gasteiger partial charge in [0.2, 0.25) is 5.91 Å². The first-order valence-corrected chi connectivity index (χ1v) is 12.2. The number of carbonyl (C=O) groups is 2. The van der Waals surface area contributed by atoms with Crippen molar-refractivity contribution in [3.63, 3.8) is 0 Å². The Morgan fingerprint density at radius 2 is 1.42 bits per heavy atom. The Hall–Kier alpha value is -3.11. The van der Waals surface area contributed by atoms with Crippen LogP contribution < -0.4 is 10.6 Å². The third-order valence-electron chi connectivity index (χ3n) is 6.91. The second-order valence-corrected chi connectivity index (χ2v) is 9.54. The van der Waals surface area contributed by atoms with E-state index in [-0.39, 0.29) is 30.2 Å². The zero-order valence-electron chi connectivity index (χ0n) is 20.4. The van der Waals surface area contributed by atoms with Crippen LogP contribution in [0.15, 0.2) is 36.4 Å². The predicted molar refractivity (Wildman–Crippen MR) is 131 cm³/mol. The average molecular weight is 504 g/mol. The average Bonchev–Trinajstić information content (AvgIpc) is 2.87. The number of benzene rings is 2. The number of rotatable bonds is 6. The third-order valence-corrected chi connectivity index (χ3v) is 6.91. The summed E-state index contributed by atoms with van der Waals surface area (Å²) in [4.78, 5) is 33.6. The molecule has 1 atom stereocenters. The molecular formula is C26H32F3N5O2. The van der Waals surface area contributed by atoms with Crippen LogP contribution in [-0.4, -0.2) is 92.0 Å². The number of likely N-dealkylation sites (N-methyl/N-ethyl adjacent to an activating group) is 1. The van der Waals surface area contributed by atoms with Gasteiger partial charge in [0, 0.05) is 82.1 Å². The number of amides is 2. The molecule has 36 heavy (non-hydrogen) atoms. The molecule has 0 saturated carbocycles. The number of nitrogens with two attached hydrogens (primary N) is 1. The first-order valence-electron chi connectivity index (χ1n) is 12.2. The van der Waals surface area contributed by atoms with Crippen LogP contribution in [0.4, 0.5) is 18.9 Å². The molecule has 2 aliphatic heterocycles. The molecule has 0 aromatic heterocycles. The maximum atomic E-state index is 13.9. The Kier molecular flexibility index (Phi) is 8.15. The molecule has 2 aliphatic rings. The molecule has 2 N–H and O–H groups in total. The van der Waals surface area contributed by atoms with Crippen molar-refractivity contribution < 1.29 is 22.8 Å². The standard InChI is InChI=1S/C26H32F3N5O2/c1-31-6-8-32(9-7-31)21-4-2-18(3-5-21)26(36)34-12-10-33(11-13-34)25(35)16-20(30)14-19-15-23(28)24(29)17-22(19)27/h2-5,15,17,20H,6-14,16,30H2,1H3/t20-/m1/s1. The van der Waals surface area contributed by atoms with Gasteiger partial charge in [-0.05, 0) is 49.4 Å². The number of halogens is 3. The first-order chi connectivity index (χ1) is 17.2. The Morgan fingerprint density at radius 3 is 2.06 bits per heavy atom. The van der Waals surface area contributed by atoms with E-state index < -0.39 is 23.5 Å². The molecule has 4 rings (SSSR count). The number of anilines is 1. The van der Waals surface area contributed by atoms with Crippen molar-refractivity contribution in [1.82, 2.24) is 14.7 Å². The lowest BCUT2D eigenvalue weighted by molar-refractivity contribution is -0.133. The molecular weight excluding hydrogens is 471 g/mol. The molecule has 2 saturated heterocycles. The summed E-state index contributed by atoms with van der Waals surface area (Å²) in [5.74, 6) is -3.59. The summed E-state index contributed by atoms with van der Waals surface area (Å²) < 4.78 is 40.4. The summed E-state index contributed by atoms with van der Waals surface area (Å²) in [5.41, 5.74) is 7.65. The van der Waals surface area contributed by atoms with Crippen molar-refractivity contribution in [2.24, 2.45) is 5.73 Å². The molecule has 2 amide bonds. The summed E-state index contributed by atoms with van der Waals surface area (Å²) in [5, 5.41) is 0. The molecule has 7 nitrogen and oxygen atoms in total. The minimum absolute atomic E-state index is 0.0554. The van der Waals surface area contributed by atoms with Crippen LogP contribution in [0.25, 0.3) is 0 Å². The molecule has 0 aliphatic carbocycles. The highest BCUT2D eigenvalue weighted by Crippen LogP contribution is 2.19. The van der Waals surface area contributed by atoms with Crippen molar-refractivity contribution in [1.29, 1.82) is 0 Å². The van der Waals surface area contributed by atoms with Crippen LogP contribution in [0.2, 0.25) is 0 Å². The van der Waals surface area contributed by atoms with E-state index in [2.05, 4.69) is 16.8 Å². The van der Waals surface area contributed by atoms with Gasteiger partial charge in [0.05, 0.1) is 0 Å². The third kappa shape index (κ3) is 6.17. The van der Waals surface area contributed by atoms with Gasteiger partial charge < -0.3 is 25.3 Å². The predicted octanol–water partition coefficient (Wildman–Crippen LogP) is 2.10. The van der Waals surface area contributed by atoms with Crippen LogP contribution in [0.3, 0.4) is 0 Å². The monoisotopic (exact) mass is 503 g/mol. The van der Waals surface area contributed by atoms with Crippen LogP contribution in [0, 0.1) is 17.5 Å². The number of piperazine rings is 2. The zero-order chi connectivity index (χ0) is 25.8. The van der Waals surface area contributed by atoms with E-state index in [9.17, 15) is 22.8 Å². The summed E-state index contributed by atoms with van der Waals surface area (Å²) in [6, 6.07) is 8.18. The van der Waals surface area contributed by atoms with Gasteiger partial charge in [-0.15, -0.1) is 0 Å². The van der Waals surface area contributed by atoms with Gasteiger partial charge in [-0.1, -0.05) is 0 Å². The lowest BCUT2D eigenvalue weighted by Gasteiger charge is -2.35. The topological polar surface area (TPSA) is 73.1 Å². The summed E-state index contributed by atoms with van der Waals surface area (Å²) in [6.45, 7) is 5.48. The van der Waals surface area contributed by atoms with E-state index in [1.165, 1.54) is 0 Å². The fraction of sp³-hybridized carbons (Fsp3) is 0.462. The fourth-order valence-corrected chi connectivity index (χ4v) is 4.65. The molecule has 10 heteroatoms. The normalized spacial score (nSPS) is 17.9. The highest BCUT2D eigenvalue weighted by Gasteiger charge is 2.26. The maximum Gasteiger partial charge on any atom is 0.253 e. The number of hydrogen-bond acceptors (Lipinski definition) is 5. The minimum atomic E-state index is -1.26. The van der Waals surface area contributed by atoms with E-state index in [1.54, 1.807) is 9.80 Å². The largest absolute Gasteiger partial charge is 0.369 e. The van der Waals surface area contributed by atoms with Gasteiger partial charge in [-0.3, -0.25) is 9.59 Å². The second-order valence-electron chi connectivity index (χ2n) is 9.54. The number of hydrogen-bond donors (Lipinski definition) is 1. The van der Waals surface area contributed by atoms with Gasteiger partial charge >= 0.3 is 0 Å². The SMILES string of the molecule is CN1CCN(c2ccc(C(=O)N3CCN(C(=O)C[C@H](N)Cc4cc(F)c(F)cc4F)CC3)cc2)CC1. The summed E-state index contributed by atoms with van der Waals surface area (Å²) in [6.07, 6.45) is -0.141. The van der Waals surface area contributed by atoms with Crippen LogP contribution >= 0.6 is 0 Å². The lowest BCUT2D eigenvalue weighted by atomic mass is 10.0. The molecule has 2 fully saturated rings. The first kappa shape index (κ1) is 26.0. The van der Waals surface area contributed by atoms with Crippen molar-refractivity contribution in [3.8, 4) is 0 Å². The van der Waals surface area contributed by atoms with Crippen molar-refractivity contribution >= 4 is 17.5 Å². The van der Waals surface area contributed by atoms with Gasteiger partial charge in [-0.2, -0.15) is 0 Å². The smallest absolute Gasteiger partial charge is 0.253 e. The van der Waals surface area contributed by atoms with Crippen LogP contribution in [0.1, 0.15) is 22.3 Å². The fourth-order valence-electron chi connectivity index (χ4n) is 4.65. The zero-order valence-corrected chi connectivity index (χ0v) is 20.4. The van der Waals surface area contributed by atoms with Crippen molar-refractivity contribution in [2.75, 3.05) is 64.3 Å². The number of nitrogens with zero attached hydrogens (tertiary/aromatic N) is 4.